The van der Waals surface area contributed by atoms with Crippen LogP contribution in [0.5, 0.6) is 0 Å². The number of aryl methyl sites for hydroxylation is 1. The largest absolute Gasteiger partial charge is 0.378 e. The van der Waals surface area contributed by atoms with Gasteiger partial charge in [0, 0.05) is 61.8 Å². The van der Waals surface area contributed by atoms with Crippen molar-refractivity contribution in [2.45, 2.75) is 26.7 Å². The molecule has 7 heteroatoms. The molecule has 4 rings (SSSR count). The van der Waals surface area contributed by atoms with Crippen LogP contribution in [0, 0.1) is 13.8 Å². The lowest BCUT2D eigenvalue weighted by Gasteiger charge is -2.34. The van der Waals surface area contributed by atoms with Crippen LogP contribution in [-0.4, -0.2) is 92.4 Å². The Morgan fingerprint density at radius 1 is 0.906 bits per heavy atom. The molecule has 0 atom stereocenters. The van der Waals surface area contributed by atoms with Crippen molar-refractivity contribution in [1.29, 1.82) is 0 Å². The molecule has 1 aromatic carbocycles. The predicted octanol–water partition coefficient (Wildman–Crippen LogP) is 3.04. The molecule has 0 spiro atoms. The Morgan fingerprint density at radius 3 is 2.34 bits per heavy atom. The lowest BCUT2D eigenvalue weighted by atomic mass is 10.1. The fraction of sp³-hybridized carbons (Fsp3) is 0.600. The quantitative estimate of drug-likeness (QED) is 0.604. The molecule has 174 valence electrons. The maximum Gasteiger partial charge on any atom is 0.161 e. The van der Waals surface area contributed by atoms with Crippen molar-refractivity contribution >= 4 is 11.5 Å². The van der Waals surface area contributed by atoms with Crippen molar-refractivity contribution in [3.8, 4) is 11.4 Å². The molecule has 2 fully saturated rings. The third-order valence-corrected chi connectivity index (χ3v) is 6.67. The predicted molar refractivity (Wildman–Crippen MR) is 132 cm³/mol. The molecule has 0 bridgehead atoms. The van der Waals surface area contributed by atoms with E-state index in [0.717, 1.165) is 74.3 Å². The van der Waals surface area contributed by atoms with Crippen molar-refractivity contribution in [2.75, 3.05) is 82.8 Å². The van der Waals surface area contributed by atoms with Gasteiger partial charge >= 0.3 is 0 Å². The highest BCUT2D eigenvalue weighted by Gasteiger charge is 2.15. The summed E-state index contributed by atoms with van der Waals surface area (Å²) in [5, 5.41) is 3.46. The number of likely N-dealkylation sites (N-methyl/N-ethyl adjacent to an activating group) is 1. The molecule has 7 nitrogen and oxygen atoms in total. The van der Waals surface area contributed by atoms with Crippen LogP contribution in [0.1, 0.15) is 24.1 Å². The Kier molecular flexibility index (Phi) is 7.95. The molecule has 0 aliphatic carbocycles. The lowest BCUT2D eigenvalue weighted by Crippen LogP contribution is -2.44. The monoisotopic (exact) mass is 438 g/mol. The molecule has 3 heterocycles. The summed E-state index contributed by atoms with van der Waals surface area (Å²) in [5.74, 6) is 1.68. The first-order valence-corrected chi connectivity index (χ1v) is 12.0. The first-order chi connectivity index (χ1) is 15.6. The van der Waals surface area contributed by atoms with Crippen LogP contribution in [0.2, 0.25) is 0 Å². The molecule has 0 amide bonds. The molecule has 2 aromatic rings. The second kappa shape index (κ2) is 11.1. The molecule has 2 aliphatic heterocycles. The number of hydrogen-bond acceptors (Lipinski definition) is 7. The first-order valence-electron chi connectivity index (χ1n) is 12.0. The Morgan fingerprint density at radius 2 is 1.62 bits per heavy atom. The second-order valence-electron chi connectivity index (χ2n) is 9.03. The number of nitrogens with zero attached hydrogens (tertiary/aromatic N) is 5. The van der Waals surface area contributed by atoms with Gasteiger partial charge in [-0.3, -0.25) is 0 Å². The van der Waals surface area contributed by atoms with Gasteiger partial charge in [-0.1, -0.05) is 0 Å². The maximum absolute atomic E-state index is 5.82. The van der Waals surface area contributed by atoms with Gasteiger partial charge in [-0.2, -0.15) is 0 Å². The van der Waals surface area contributed by atoms with E-state index in [4.69, 9.17) is 14.7 Å². The number of rotatable bonds is 9. The number of piperazine rings is 1. The average molecular weight is 439 g/mol. The molecule has 0 unspecified atom stereocenters. The summed E-state index contributed by atoms with van der Waals surface area (Å²) in [6, 6.07) is 8.67. The van der Waals surface area contributed by atoms with Gasteiger partial charge in [0.1, 0.15) is 5.82 Å². The third-order valence-electron chi connectivity index (χ3n) is 6.67. The van der Waals surface area contributed by atoms with Crippen LogP contribution < -0.4 is 10.2 Å². The Bertz CT molecular complexity index is 857. The zero-order valence-corrected chi connectivity index (χ0v) is 19.9. The summed E-state index contributed by atoms with van der Waals surface area (Å²) in [7, 11) is 2.18. The van der Waals surface area contributed by atoms with E-state index in [2.05, 4.69) is 65.2 Å². The fourth-order valence-corrected chi connectivity index (χ4v) is 4.36. The number of likely N-dealkylation sites (tertiary alicyclic amines) is 1. The van der Waals surface area contributed by atoms with E-state index in [-0.39, 0.29) is 0 Å². The highest BCUT2D eigenvalue weighted by Crippen LogP contribution is 2.24. The van der Waals surface area contributed by atoms with Gasteiger partial charge in [0.15, 0.2) is 5.82 Å². The normalized spacial score (nSPS) is 17.8. The van der Waals surface area contributed by atoms with Crippen molar-refractivity contribution in [3.63, 3.8) is 0 Å². The zero-order chi connectivity index (χ0) is 22.3. The van der Waals surface area contributed by atoms with Crippen molar-refractivity contribution in [3.05, 3.63) is 35.5 Å². The summed E-state index contributed by atoms with van der Waals surface area (Å²) >= 11 is 0. The van der Waals surface area contributed by atoms with Crippen molar-refractivity contribution in [2.24, 2.45) is 0 Å². The minimum atomic E-state index is 0.686. The zero-order valence-electron chi connectivity index (χ0n) is 19.9. The van der Waals surface area contributed by atoms with Gasteiger partial charge < -0.3 is 24.8 Å². The smallest absolute Gasteiger partial charge is 0.161 e. The highest BCUT2D eigenvalue weighted by molar-refractivity contribution is 5.63. The molecule has 0 saturated carbocycles. The van der Waals surface area contributed by atoms with Crippen LogP contribution in [0.4, 0.5) is 11.5 Å². The van der Waals surface area contributed by atoms with Gasteiger partial charge in [0.25, 0.3) is 0 Å². The molecule has 2 saturated heterocycles. The second-order valence-corrected chi connectivity index (χ2v) is 9.03. The third kappa shape index (κ3) is 5.97. The number of ether oxygens (including phenoxy) is 1. The van der Waals surface area contributed by atoms with Gasteiger partial charge in [0.05, 0.1) is 13.2 Å². The number of hydrogen-bond donors (Lipinski definition) is 1. The number of anilines is 2. The topological polar surface area (TPSA) is 56.8 Å². The summed E-state index contributed by atoms with van der Waals surface area (Å²) < 4.78 is 5.82. The number of aromatic nitrogens is 2. The maximum atomic E-state index is 5.82. The summed E-state index contributed by atoms with van der Waals surface area (Å²) in [6.07, 6.45) is 2.66. The van der Waals surface area contributed by atoms with Crippen molar-refractivity contribution < 1.29 is 4.74 Å². The van der Waals surface area contributed by atoms with Gasteiger partial charge in [-0.15, -0.1) is 0 Å². The standard InChI is InChI=1S/C25H38N6O/c1-20-21(2)27-25(22-6-8-23(9-7-22)31-15-13-29(3)14-16-31)28-24(20)26-10-18-32-19-17-30-11-4-5-12-30/h6-9H,4-5,10-19H2,1-3H3,(H,26,27,28). The minimum Gasteiger partial charge on any atom is -0.378 e. The molecular weight excluding hydrogens is 400 g/mol. The number of nitrogens with one attached hydrogen (secondary N) is 1. The van der Waals surface area contributed by atoms with E-state index < -0.39 is 0 Å². The molecule has 32 heavy (non-hydrogen) atoms. The van der Waals surface area contributed by atoms with Crippen LogP contribution in [-0.2, 0) is 4.74 Å². The molecule has 2 aliphatic rings. The van der Waals surface area contributed by atoms with Gasteiger partial charge in [-0.25, -0.2) is 9.97 Å². The Hall–Kier alpha value is -2.22. The lowest BCUT2D eigenvalue weighted by molar-refractivity contribution is 0.119. The first kappa shape index (κ1) is 23.0. The molecule has 1 aromatic heterocycles. The minimum absolute atomic E-state index is 0.686. The average Bonchev–Trinajstić information content (AvgIpc) is 3.33. The van der Waals surface area contributed by atoms with Crippen LogP contribution >= 0.6 is 0 Å². The molecular formula is C25H38N6O. The van der Waals surface area contributed by atoms with Crippen LogP contribution in [0.15, 0.2) is 24.3 Å². The highest BCUT2D eigenvalue weighted by atomic mass is 16.5. The van der Waals surface area contributed by atoms with Gasteiger partial charge in [0.2, 0.25) is 0 Å². The van der Waals surface area contributed by atoms with E-state index in [0.29, 0.717) is 6.61 Å². The molecule has 0 radical (unpaired) electrons. The number of benzene rings is 1. The summed E-state index contributed by atoms with van der Waals surface area (Å²) in [6.45, 7) is 14.2. The van der Waals surface area contributed by atoms with E-state index in [1.807, 2.05) is 0 Å². The van der Waals surface area contributed by atoms with E-state index in [1.165, 1.54) is 31.6 Å². The van der Waals surface area contributed by atoms with E-state index in [9.17, 15) is 0 Å². The van der Waals surface area contributed by atoms with Gasteiger partial charge in [-0.05, 0) is 71.1 Å². The Labute approximate surface area is 192 Å². The van der Waals surface area contributed by atoms with E-state index >= 15 is 0 Å². The summed E-state index contributed by atoms with van der Waals surface area (Å²) in [4.78, 5) is 16.9. The van der Waals surface area contributed by atoms with Crippen LogP contribution in [0.3, 0.4) is 0 Å². The SMILES string of the molecule is Cc1nc(-c2ccc(N3CCN(C)CC3)cc2)nc(NCCOCCN2CCCC2)c1C. The van der Waals surface area contributed by atoms with E-state index in [1.54, 1.807) is 0 Å². The van der Waals surface area contributed by atoms with Crippen molar-refractivity contribution in [1.82, 2.24) is 19.8 Å². The Balaban J connectivity index is 1.32. The fourth-order valence-electron chi connectivity index (χ4n) is 4.36. The summed E-state index contributed by atoms with van der Waals surface area (Å²) in [5.41, 5.74) is 4.43. The molecule has 1 N–H and O–H groups in total. The van der Waals surface area contributed by atoms with Crippen LogP contribution in [0.25, 0.3) is 11.4 Å².